The minimum Gasteiger partial charge on any atom is -0.481 e. The largest absolute Gasteiger partial charge is 0.481 e. The molecule has 5 nitrogen and oxygen atoms in total. The van der Waals surface area contributed by atoms with Gasteiger partial charge in [0.15, 0.2) is 0 Å². The van der Waals surface area contributed by atoms with Crippen LogP contribution in [0.4, 0.5) is 0 Å². The highest BCUT2D eigenvalue weighted by atomic mass is 35.5. The maximum atomic E-state index is 12.4. The molecule has 0 amide bonds. The Balaban J connectivity index is 0.00000192. The molecular weight excluding hydrogens is 318 g/mol. The molecule has 0 unspecified atom stereocenters. The van der Waals surface area contributed by atoms with E-state index in [1.54, 1.807) is 0 Å². The molecule has 0 spiro atoms. The Labute approximate surface area is 141 Å². The summed E-state index contributed by atoms with van der Waals surface area (Å²) in [7, 11) is 0. The first-order valence-electron chi connectivity index (χ1n) is 7.59. The minimum atomic E-state index is -1.13. The van der Waals surface area contributed by atoms with Gasteiger partial charge in [-0.05, 0) is 43.7 Å². The highest BCUT2D eigenvalue weighted by Gasteiger charge is 2.70. The van der Waals surface area contributed by atoms with E-state index in [1.807, 2.05) is 32.0 Å². The minimum absolute atomic E-state index is 0. The number of rotatable bonds is 4. The Hall–Kier alpha value is -1.59. The van der Waals surface area contributed by atoms with E-state index >= 15 is 0 Å². The van der Waals surface area contributed by atoms with Crippen LogP contribution in [-0.4, -0.2) is 22.6 Å². The number of aryl methyl sites for hydroxylation is 2. The number of carboxylic acids is 1. The number of esters is 1. The summed E-state index contributed by atoms with van der Waals surface area (Å²) in [5, 5.41) is 9.14. The van der Waals surface area contributed by atoms with Crippen molar-refractivity contribution in [3.05, 3.63) is 34.9 Å². The lowest BCUT2D eigenvalue weighted by molar-refractivity contribution is -0.153. The lowest BCUT2D eigenvalue weighted by atomic mass is 9.91. The monoisotopic (exact) mass is 339 g/mol. The van der Waals surface area contributed by atoms with Crippen molar-refractivity contribution in [2.24, 2.45) is 23.5 Å². The molecule has 2 saturated carbocycles. The second-order valence-corrected chi connectivity index (χ2v) is 6.64. The fourth-order valence-electron chi connectivity index (χ4n) is 3.82. The molecule has 1 aromatic carbocycles. The molecule has 2 aliphatic carbocycles. The summed E-state index contributed by atoms with van der Waals surface area (Å²) in [5.74, 6) is -2.03. The molecule has 0 bridgehead atoms. The Bertz CT molecular complexity index is 647. The summed E-state index contributed by atoms with van der Waals surface area (Å²) in [5.41, 5.74) is 8.20. The molecule has 0 aliphatic heterocycles. The lowest BCUT2D eigenvalue weighted by Crippen LogP contribution is -2.50. The molecule has 0 radical (unpaired) electrons. The van der Waals surface area contributed by atoms with E-state index in [0.29, 0.717) is 12.8 Å². The van der Waals surface area contributed by atoms with Gasteiger partial charge in [0.25, 0.3) is 0 Å². The number of halogens is 1. The summed E-state index contributed by atoms with van der Waals surface area (Å²) >= 11 is 0. The molecule has 2 fully saturated rings. The predicted octanol–water partition coefficient (Wildman–Crippen LogP) is 2.21. The van der Waals surface area contributed by atoms with Crippen LogP contribution in [0.3, 0.4) is 0 Å². The molecular formula is C17H22ClNO4. The van der Waals surface area contributed by atoms with Crippen molar-refractivity contribution in [3.63, 3.8) is 0 Å². The van der Waals surface area contributed by atoms with Crippen LogP contribution in [0.15, 0.2) is 18.2 Å². The molecule has 2 aliphatic rings. The number of nitrogens with two attached hydrogens (primary N) is 1. The Kier molecular flexibility index (Phi) is 4.74. The van der Waals surface area contributed by atoms with Crippen molar-refractivity contribution in [2.45, 2.75) is 38.8 Å². The first kappa shape index (κ1) is 17.8. The van der Waals surface area contributed by atoms with Gasteiger partial charge in [0.05, 0.1) is 5.92 Å². The standard InChI is InChI=1S/C17H21NO4.ClH/c1-9-3-4-10(2)11(7-9)8-22-16(21)17(18)6-5-12-13(14(12)17)15(19)20;/h3-4,7,12-14H,5-6,8,18H2,1-2H3,(H,19,20);1H/t12-,13-,14-,17-;/m0./s1. The molecule has 3 rings (SSSR count). The van der Waals surface area contributed by atoms with Crippen LogP contribution in [0.25, 0.3) is 0 Å². The molecule has 6 heteroatoms. The Morgan fingerprint density at radius 1 is 1.39 bits per heavy atom. The Morgan fingerprint density at radius 3 is 2.70 bits per heavy atom. The number of carboxylic acid groups (broad SMARTS) is 1. The van der Waals surface area contributed by atoms with Crippen molar-refractivity contribution < 1.29 is 19.4 Å². The van der Waals surface area contributed by atoms with Crippen molar-refractivity contribution >= 4 is 24.3 Å². The van der Waals surface area contributed by atoms with Gasteiger partial charge in [-0.25, -0.2) is 0 Å². The van der Waals surface area contributed by atoms with Crippen LogP contribution in [0.2, 0.25) is 0 Å². The number of benzene rings is 1. The van der Waals surface area contributed by atoms with Gasteiger partial charge in [0.1, 0.15) is 12.1 Å². The third-order valence-electron chi connectivity index (χ3n) is 5.18. The molecule has 0 saturated heterocycles. The summed E-state index contributed by atoms with van der Waals surface area (Å²) < 4.78 is 5.42. The van der Waals surface area contributed by atoms with E-state index in [0.717, 1.165) is 16.7 Å². The molecule has 1 aromatic rings. The van der Waals surface area contributed by atoms with Gasteiger partial charge in [0, 0.05) is 5.92 Å². The van der Waals surface area contributed by atoms with E-state index in [4.69, 9.17) is 15.6 Å². The molecule has 3 N–H and O–H groups in total. The van der Waals surface area contributed by atoms with Crippen molar-refractivity contribution in [2.75, 3.05) is 0 Å². The third-order valence-corrected chi connectivity index (χ3v) is 5.18. The zero-order valence-corrected chi connectivity index (χ0v) is 14.1. The number of carbonyl (C=O) groups excluding carboxylic acids is 1. The predicted molar refractivity (Wildman–Crippen MR) is 87.2 cm³/mol. The smallest absolute Gasteiger partial charge is 0.326 e. The highest BCUT2D eigenvalue weighted by molar-refractivity contribution is 5.86. The first-order chi connectivity index (χ1) is 10.3. The van der Waals surface area contributed by atoms with Gasteiger partial charge < -0.3 is 15.6 Å². The van der Waals surface area contributed by atoms with Crippen LogP contribution in [0.1, 0.15) is 29.5 Å². The van der Waals surface area contributed by atoms with E-state index in [1.165, 1.54) is 0 Å². The van der Waals surface area contributed by atoms with Gasteiger partial charge in [-0.3, -0.25) is 9.59 Å². The summed E-state index contributed by atoms with van der Waals surface area (Å²) in [6, 6.07) is 5.98. The number of hydrogen-bond acceptors (Lipinski definition) is 4. The number of ether oxygens (including phenoxy) is 1. The quantitative estimate of drug-likeness (QED) is 0.821. The molecule has 23 heavy (non-hydrogen) atoms. The third kappa shape index (κ3) is 2.95. The van der Waals surface area contributed by atoms with Gasteiger partial charge in [-0.1, -0.05) is 23.8 Å². The SMILES string of the molecule is Cc1ccc(C)c(COC(=O)[C@]2(N)CC[C@H]3[C@H](C(=O)O)[C@H]32)c1.Cl. The van der Waals surface area contributed by atoms with Crippen LogP contribution in [0.5, 0.6) is 0 Å². The zero-order valence-electron chi connectivity index (χ0n) is 13.2. The van der Waals surface area contributed by atoms with Gasteiger partial charge in [-0.2, -0.15) is 0 Å². The number of fused-ring (bicyclic) bond motifs is 1. The van der Waals surface area contributed by atoms with Crippen LogP contribution in [0, 0.1) is 31.6 Å². The van der Waals surface area contributed by atoms with Gasteiger partial charge in [0.2, 0.25) is 0 Å². The van der Waals surface area contributed by atoms with E-state index < -0.39 is 23.4 Å². The fourth-order valence-corrected chi connectivity index (χ4v) is 3.82. The Morgan fingerprint density at radius 2 is 2.09 bits per heavy atom. The topological polar surface area (TPSA) is 89.6 Å². The second kappa shape index (κ2) is 6.13. The molecule has 4 atom stereocenters. The maximum Gasteiger partial charge on any atom is 0.326 e. The number of hydrogen-bond donors (Lipinski definition) is 2. The summed E-state index contributed by atoms with van der Waals surface area (Å²) in [6.07, 6.45) is 1.20. The second-order valence-electron chi connectivity index (χ2n) is 6.64. The average Bonchev–Trinajstić information content (AvgIpc) is 3.12. The fraction of sp³-hybridized carbons (Fsp3) is 0.529. The van der Waals surface area contributed by atoms with E-state index in [9.17, 15) is 9.59 Å². The summed E-state index contributed by atoms with van der Waals surface area (Å²) in [6.45, 7) is 4.13. The normalized spacial score (nSPS) is 31.0. The van der Waals surface area contributed by atoms with Crippen LogP contribution < -0.4 is 5.73 Å². The van der Waals surface area contributed by atoms with E-state index in [2.05, 4.69) is 0 Å². The zero-order chi connectivity index (χ0) is 16.1. The number of aliphatic carboxylic acids is 1. The molecule has 126 valence electrons. The van der Waals surface area contributed by atoms with Crippen LogP contribution >= 0.6 is 12.4 Å². The molecule has 0 heterocycles. The lowest BCUT2D eigenvalue weighted by Gasteiger charge is -2.24. The molecule has 0 aromatic heterocycles. The van der Waals surface area contributed by atoms with Crippen molar-refractivity contribution in [1.29, 1.82) is 0 Å². The number of carbonyl (C=O) groups is 2. The van der Waals surface area contributed by atoms with E-state index in [-0.39, 0.29) is 30.8 Å². The average molecular weight is 340 g/mol. The van der Waals surface area contributed by atoms with Gasteiger partial charge in [-0.15, -0.1) is 12.4 Å². The highest BCUT2D eigenvalue weighted by Crippen LogP contribution is 2.61. The van der Waals surface area contributed by atoms with Crippen molar-refractivity contribution in [1.82, 2.24) is 0 Å². The maximum absolute atomic E-state index is 12.4. The first-order valence-corrected chi connectivity index (χ1v) is 7.59. The van der Waals surface area contributed by atoms with Crippen LogP contribution in [-0.2, 0) is 20.9 Å². The van der Waals surface area contributed by atoms with Gasteiger partial charge >= 0.3 is 11.9 Å². The summed E-state index contributed by atoms with van der Waals surface area (Å²) in [4.78, 5) is 23.5. The van der Waals surface area contributed by atoms with Crippen molar-refractivity contribution in [3.8, 4) is 0 Å².